The first kappa shape index (κ1) is 12.3. The number of alkyl halides is 1. The van der Waals surface area contributed by atoms with Crippen molar-refractivity contribution in [3.63, 3.8) is 0 Å². The molecule has 1 nitrogen and oxygen atoms in total. The Balaban J connectivity index is 2.40. The van der Waals surface area contributed by atoms with E-state index in [0.717, 1.165) is 37.5 Å². The molecule has 1 aliphatic carbocycles. The monoisotopic (exact) mass is 234 g/mol. The minimum absolute atomic E-state index is 0.364. The van der Waals surface area contributed by atoms with Gasteiger partial charge >= 0.3 is 0 Å². The van der Waals surface area contributed by atoms with Gasteiger partial charge in [-0.3, -0.25) is 4.79 Å². The van der Waals surface area contributed by atoms with E-state index in [2.05, 4.69) is 0 Å². The van der Waals surface area contributed by atoms with Crippen LogP contribution in [0.15, 0.2) is 24.3 Å². The summed E-state index contributed by atoms with van der Waals surface area (Å²) in [4.78, 5) is 10.8. The van der Waals surface area contributed by atoms with Crippen LogP contribution in [0.3, 0.4) is 0 Å². The highest BCUT2D eigenvalue weighted by Crippen LogP contribution is 2.43. The third kappa shape index (κ3) is 2.26. The van der Waals surface area contributed by atoms with E-state index in [-0.39, 0.29) is 5.41 Å². The summed E-state index contributed by atoms with van der Waals surface area (Å²) in [6.45, 7) is 1.65. The van der Waals surface area contributed by atoms with Gasteiger partial charge in [-0.1, -0.05) is 37.5 Å². The lowest BCUT2D eigenvalue weighted by molar-refractivity contribution is 0.112. The molecule has 1 fully saturated rings. The molecule has 0 amide bonds. The lowest BCUT2D eigenvalue weighted by atomic mass is 9.66. The molecule has 0 saturated heterocycles. The Kier molecular flexibility index (Phi) is 3.60. The van der Waals surface area contributed by atoms with Crippen LogP contribution in [0.25, 0.3) is 0 Å². The van der Waals surface area contributed by atoms with E-state index in [9.17, 15) is 9.18 Å². The number of hydrogen-bond acceptors (Lipinski definition) is 1. The summed E-state index contributed by atoms with van der Waals surface area (Å²) in [6.07, 6.45) is 5.13. The minimum atomic E-state index is -0.857. The highest BCUT2D eigenvalue weighted by Gasteiger charge is 2.39. The Morgan fingerprint density at radius 3 is 2.59 bits per heavy atom. The fraction of sp³-hybridized carbons (Fsp3) is 0.533. The molecule has 92 valence electrons. The van der Waals surface area contributed by atoms with Gasteiger partial charge in [-0.2, -0.15) is 0 Å². The van der Waals surface area contributed by atoms with Crippen molar-refractivity contribution in [2.75, 3.05) is 0 Å². The molecule has 1 unspecified atom stereocenters. The van der Waals surface area contributed by atoms with Crippen molar-refractivity contribution in [3.05, 3.63) is 35.4 Å². The molecule has 17 heavy (non-hydrogen) atoms. The predicted molar refractivity (Wildman–Crippen MR) is 67.2 cm³/mol. The van der Waals surface area contributed by atoms with Crippen LogP contribution in [0, 0.1) is 0 Å². The minimum Gasteiger partial charge on any atom is -0.298 e. The number of carbonyl (C=O) groups excluding carboxylic acids is 1. The van der Waals surface area contributed by atoms with Gasteiger partial charge in [-0.05, 0) is 31.4 Å². The number of hydrogen-bond donors (Lipinski definition) is 0. The van der Waals surface area contributed by atoms with Crippen LogP contribution in [0.5, 0.6) is 0 Å². The maximum atomic E-state index is 14.1. The normalized spacial score (nSPS) is 20.8. The molecule has 0 heterocycles. The number of aldehydes is 1. The van der Waals surface area contributed by atoms with Crippen LogP contribution >= 0.6 is 0 Å². The van der Waals surface area contributed by atoms with Crippen molar-refractivity contribution in [3.8, 4) is 0 Å². The standard InChI is InChI=1S/C15H19FO/c1-12(16)15(8-3-2-4-9-15)14-7-5-6-13(10-14)11-17/h5-7,10-12H,2-4,8-9H2,1H3. The lowest BCUT2D eigenvalue weighted by Gasteiger charge is -2.39. The maximum absolute atomic E-state index is 14.1. The van der Waals surface area contributed by atoms with E-state index in [1.165, 1.54) is 6.42 Å². The summed E-state index contributed by atoms with van der Waals surface area (Å²) in [5.74, 6) is 0. The van der Waals surface area contributed by atoms with Gasteiger partial charge in [0.2, 0.25) is 0 Å². The zero-order chi connectivity index (χ0) is 12.3. The molecule has 1 aromatic rings. The van der Waals surface area contributed by atoms with Crippen molar-refractivity contribution in [2.45, 2.75) is 50.6 Å². The van der Waals surface area contributed by atoms with E-state index in [1.54, 1.807) is 13.0 Å². The van der Waals surface area contributed by atoms with Crippen LogP contribution in [-0.4, -0.2) is 12.5 Å². The number of benzene rings is 1. The Hall–Kier alpha value is -1.18. The summed E-state index contributed by atoms with van der Waals surface area (Å²) in [5, 5.41) is 0. The zero-order valence-electron chi connectivity index (χ0n) is 10.3. The molecule has 1 atom stereocenters. The van der Waals surface area contributed by atoms with Crippen LogP contribution in [0.1, 0.15) is 54.9 Å². The molecule has 2 heteroatoms. The first-order chi connectivity index (χ1) is 8.19. The third-order valence-electron chi connectivity index (χ3n) is 4.10. The second-order valence-electron chi connectivity index (χ2n) is 5.08. The molecule has 0 spiro atoms. The SMILES string of the molecule is CC(F)C1(c2cccc(C=O)c2)CCCCC1. The van der Waals surface area contributed by atoms with Crippen LogP contribution in [0.4, 0.5) is 4.39 Å². The van der Waals surface area contributed by atoms with E-state index in [0.29, 0.717) is 5.56 Å². The molecule has 2 rings (SSSR count). The molecule has 0 N–H and O–H groups in total. The fourth-order valence-electron chi connectivity index (χ4n) is 3.02. The first-order valence-electron chi connectivity index (χ1n) is 6.39. The van der Waals surface area contributed by atoms with Crippen molar-refractivity contribution < 1.29 is 9.18 Å². The largest absolute Gasteiger partial charge is 0.298 e. The highest BCUT2D eigenvalue weighted by molar-refractivity contribution is 5.75. The maximum Gasteiger partial charge on any atom is 0.150 e. The van der Waals surface area contributed by atoms with Gasteiger partial charge in [0.25, 0.3) is 0 Å². The van der Waals surface area contributed by atoms with Crippen LogP contribution in [0.2, 0.25) is 0 Å². The molecule has 0 aliphatic heterocycles. The average Bonchev–Trinajstić information content (AvgIpc) is 2.39. The Bertz CT molecular complexity index is 392. The molecule has 0 aromatic heterocycles. The molecule has 1 saturated carbocycles. The number of halogens is 1. The van der Waals surface area contributed by atoms with Crippen molar-refractivity contribution in [2.24, 2.45) is 0 Å². The first-order valence-corrected chi connectivity index (χ1v) is 6.39. The number of carbonyl (C=O) groups is 1. The van der Waals surface area contributed by atoms with Gasteiger partial charge in [0.05, 0.1) is 0 Å². The number of rotatable bonds is 3. The van der Waals surface area contributed by atoms with Crippen molar-refractivity contribution >= 4 is 6.29 Å². The molecule has 1 aromatic carbocycles. The predicted octanol–water partition coefficient (Wildman–Crippen LogP) is 4.06. The van der Waals surface area contributed by atoms with Crippen LogP contribution in [-0.2, 0) is 5.41 Å². The van der Waals surface area contributed by atoms with Gasteiger partial charge in [0.15, 0.2) is 0 Å². The van der Waals surface area contributed by atoms with E-state index < -0.39 is 6.17 Å². The summed E-state index contributed by atoms with van der Waals surface area (Å²) >= 11 is 0. The Labute approximate surface area is 102 Å². The Morgan fingerprint density at radius 2 is 2.00 bits per heavy atom. The lowest BCUT2D eigenvalue weighted by Crippen LogP contribution is -2.37. The van der Waals surface area contributed by atoms with E-state index in [4.69, 9.17) is 0 Å². The third-order valence-corrected chi connectivity index (χ3v) is 4.10. The van der Waals surface area contributed by atoms with Gasteiger partial charge in [-0.25, -0.2) is 4.39 Å². The second kappa shape index (κ2) is 4.99. The van der Waals surface area contributed by atoms with Crippen molar-refractivity contribution in [1.82, 2.24) is 0 Å². The van der Waals surface area contributed by atoms with Crippen LogP contribution < -0.4 is 0 Å². The Morgan fingerprint density at radius 1 is 1.29 bits per heavy atom. The summed E-state index contributed by atoms with van der Waals surface area (Å²) in [5.41, 5.74) is 1.28. The topological polar surface area (TPSA) is 17.1 Å². The fourth-order valence-corrected chi connectivity index (χ4v) is 3.02. The highest BCUT2D eigenvalue weighted by atomic mass is 19.1. The van der Waals surface area contributed by atoms with Gasteiger partial charge in [-0.15, -0.1) is 0 Å². The van der Waals surface area contributed by atoms with Gasteiger partial charge in [0.1, 0.15) is 12.5 Å². The summed E-state index contributed by atoms with van der Waals surface area (Å²) in [6, 6.07) is 7.45. The zero-order valence-corrected chi connectivity index (χ0v) is 10.3. The average molecular weight is 234 g/mol. The molecule has 0 radical (unpaired) electrons. The molecular formula is C15H19FO. The molecule has 0 bridgehead atoms. The van der Waals surface area contributed by atoms with E-state index in [1.807, 2.05) is 18.2 Å². The summed E-state index contributed by atoms with van der Waals surface area (Å²) in [7, 11) is 0. The van der Waals surface area contributed by atoms with Crippen molar-refractivity contribution in [1.29, 1.82) is 0 Å². The summed E-state index contributed by atoms with van der Waals surface area (Å²) < 4.78 is 14.1. The van der Waals surface area contributed by atoms with Gasteiger partial charge in [0, 0.05) is 11.0 Å². The quantitative estimate of drug-likeness (QED) is 0.721. The second-order valence-corrected chi connectivity index (χ2v) is 5.08. The van der Waals surface area contributed by atoms with Gasteiger partial charge < -0.3 is 0 Å². The van der Waals surface area contributed by atoms with E-state index >= 15 is 0 Å². The molecule has 1 aliphatic rings. The molecular weight excluding hydrogens is 215 g/mol. The smallest absolute Gasteiger partial charge is 0.150 e.